The van der Waals surface area contributed by atoms with E-state index in [4.69, 9.17) is 0 Å². The molecule has 1 aromatic carbocycles. The van der Waals surface area contributed by atoms with Crippen LogP contribution in [0.3, 0.4) is 0 Å². The van der Waals surface area contributed by atoms with Crippen LogP contribution in [-0.4, -0.2) is 69.3 Å². The number of phenols is 1. The van der Waals surface area contributed by atoms with Crippen molar-refractivity contribution in [2.45, 2.75) is 19.0 Å². The van der Waals surface area contributed by atoms with Crippen molar-refractivity contribution in [2.75, 3.05) is 13.1 Å². The molecule has 0 bridgehead atoms. The summed E-state index contributed by atoms with van der Waals surface area (Å²) in [5.74, 6) is -2.59. The third-order valence-corrected chi connectivity index (χ3v) is 7.22. The molecule has 206 valence electrons. The van der Waals surface area contributed by atoms with E-state index >= 15 is 0 Å². The fourth-order valence-corrected chi connectivity index (χ4v) is 5.28. The van der Waals surface area contributed by atoms with Gasteiger partial charge in [0.2, 0.25) is 0 Å². The van der Waals surface area contributed by atoms with Crippen LogP contribution in [0.1, 0.15) is 38.9 Å². The zero-order valence-corrected chi connectivity index (χ0v) is 21.6. The molecule has 0 saturated carbocycles. The Hall–Kier alpha value is -5.36. The van der Waals surface area contributed by atoms with Crippen LogP contribution >= 0.6 is 0 Å². The smallest absolute Gasteiger partial charge is 0.339 e. The number of rotatable bonds is 7. The number of hydrogen-bond acceptors (Lipinski definition) is 8. The Kier molecular flexibility index (Phi) is 6.52. The van der Waals surface area contributed by atoms with Crippen LogP contribution in [0.2, 0.25) is 0 Å². The molecule has 6 rings (SSSR count). The van der Waals surface area contributed by atoms with Crippen molar-refractivity contribution in [1.29, 1.82) is 0 Å². The van der Waals surface area contributed by atoms with Gasteiger partial charge in [0, 0.05) is 37.6 Å². The van der Waals surface area contributed by atoms with Crippen molar-refractivity contribution in [1.82, 2.24) is 29.0 Å². The molecule has 1 saturated heterocycles. The predicted octanol–water partition coefficient (Wildman–Crippen LogP) is 3.19. The number of pyridine rings is 3. The standard InChI is InChI=1S/C29H24N6O6/c36-25-6-3-17(13-22(25)28(39)40)23-5-4-20(14-32-23)34-24-2-1-9-31-26(24)35(29(34)41)21-8-11-33(16-21)15-19-12-18(27(37)38)7-10-30-19/h1-7,9-10,12-14,21,36H,8,11,15-16H2,(H,37,38)(H,39,40). The first kappa shape index (κ1) is 25.9. The highest BCUT2D eigenvalue weighted by Gasteiger charge is 2.29. The van der Waals surface area contributed by atoms with Gasteiger partial charge in [-0.3, -0.25) is 24.0 Å². The van der Waals surface area contributed by atoms with Crippen molar-refractivity contribution in [3.05, 3.63) is 100 Å². The fraction of sp³-hybridized carbons (Fsp3) is 0.172. The van der Waals surface area contributed by atoms with E-state index in [1.165, 1.54) is 24.4 Å². The quantitative estimate of drug-likeness (QED) is 0.273. The van der Waals surface area contributed by atoms with Gasteiger partial charge >= 0.3 is 17.6 Å². The van der Waals surface area contributed by atoms with Gasteiger partial charge in [-0.05, 0) is 61.0 Å². The zero-order chi connectivity index (χ0) is 28.7. The molecule has 12 heteroatoms. The fourth-order valence-electron chi connectivity index (χ4n) is 5.28. The molecule has 4 aromatic heterocycles. The van der Waals surface area contributed by atoms with Gasteiger partial charge in [0.05, 0.1) is 40.4 Å². The molecule has 1 unspecified atom stereocenters. The van der Waals surface area contributed by atoms with Crippen molar-refractivity contribution in [3.8, 4) is 22.7 Å². The Bertz CT molecular complexity index is 1860. The van der Waals surface area contributed by atoms with Crippen LogP contribution in [0.4, 0.5) is 0 Å². The number of imidazole rings is 1. The average Bonchev–Trinajstić information content (AvgIpc) is 3.54. The molecule has 0 aliphatic carbocycles. The molecular formula is C29H24N6O6. The highest BCUT2D eigenvalue weighted by molar-refractivity contribution is 5.92. The minimum atomic E-state index is -1.25. The molecule has 0 spiro atoms. The third kappa shape index (κ3) is 4.80. The van der Waals surface area contributed by atoms with Crippen LogP contribution in [0.15, 0.2) is 78.0 Å². The predicted molar refractivity (Wildman–Crippen MR) is 147 cm³/mol. The van der Waals surface area contributed by atoms with Crippen LogP contribution in [-0.2, 0) is 6.54 Å². The molecule has 5 heterocycles. The summed E-state index contributed by atoms with van der Waals surface area (Å²) < 4.78 is 3.25. The van der Waals surface area contributed by atoms with Gasteiger partial charge in [0.1, 0.15) is 11.3 Å². The van der Waals surface area contributed by atoms with Crippen molar-refractivity contribution < 1.29 is 24.9 Å². The Balaban J connectivity index is 1.30. The summed E-state index contributed by atoms with van der Waals surface area (Å²) >= 11 is 0. The van der Waals surface area contributed by atoms with Gasteiger partial charge in [0.15, 0.2) is 5.65 Å². The number of nitrogens with zero attached hydrogens (tertiary/aromatic N) is 6. The topological polar surface area (TPSA) is 164 Å². The average molecular weight is 553 g/mol. The maximum absolute atomic E-state index is 13.8. The van der Waals surface area contributed by atoms with Crippen LogP contribution < -0.4 is 5.69 Å². The molecule has 41 heavy (non-hydrogen) atoms. The van der Waals surface area contributed by atoms with E-state index in [-0.39, 0.29) is 28.6 Å². The summed E-state index contributed by atoms with van der Waals surface area (Å²) in [4.78, 5) is 52.0. The maximum Gasteiger partial charge on any atom is 0.339 e. The van der Waals surface area contributed by atoms with Crippen LogP contribution in [0, 0.1) is 0 Å². The summed E-state index contributed by atoms with van der Waals surface area (Å²) in [6, 6.07) is 14.1. The van der Waals surface area contributed by atoms with Gasteiger partial charge in [-0.25, -0.2) is 19.4 Å². The number of benzene rings is 1. The van der Waals surface area contributed by atoms with E-state index in [9.17, 15) is 29.7 Å². The SMILES string of the molecule is O=C(O)c1ccnc(CN2CCC(n3c(=O)n(-c4ccc(-c5ccc(O)c(C(=O)O)c5)nc4)c4cccnc43)C2)c1. The first-order chi connectivity index (χ1) is 19.8. The summed E-state index contributed by atoms with van der Waals surface area (Å²) in [5, 5.41) is 28.4. The number of aromatic hydroxyl groups is 1. The molecular weight excluding hydrogens is 528 g/mol. The lowest BCUT2D eigenvalue weighted by Crippen LogP contribution is -2.29. The van der Waals surface area contributed by atoms with Crippen LogP contribution in [0.25, 0.3) is 28.1 Å². The number of aromatic nitrogens is 5. The lowest BCUT2D eigenvalue weighted by molar-refractivity contribution is 0.0684. The van der Waals surface area contributed by atoms with Crippen LogP contribution in [0.5, 0.6) is 5.75 Å². The van der Waals surface area contributed by atoms with Crippen molar-refractivity contribution in [2.24, 2.45) is 0 Å². The number of likely N-dealkylation sites (tertiary alicyclic amines) is 1. The van der Waals surface area contributed by atoms with E-state index in [0.29, 0.717) is 59.9 Å². The first-order valence-electron chi connectivity index (χ1n) is 12.8. The third-order valence-electron chi connectivity index (χ3n) is 7.22. The molecule has 5 aromatic rings. The lowest BCUT2D eigenvalue weighted by atomic mass is 10.1. The highest BCUT2D eigenvalue weighted by Crippen LogP contribution is 2.28. The maximum atomic E-state index is 13.8. The lowest BCUT2D eigenvalue weighted by Gasteiger charge is -2.16. The number of fused-ring (bicyclic) bond motifs is 1. The summed E-state index contributed by atoms with van der Waals surface area (Å²) in [7, 11) is 0. The van der Waals surface area contributed by atoms with E-state index < -0.39 is 11.9 Å². The summed E-state index contributed by atoms with van der Waals surface area (Å²) in [6.45, 7) is 1.74. The van der Waals surface area contributed by atoms with E-state index in [0.717, 1.165) is 0 Å². The van der Waals surface area contributed by atoms with Gasteiger partial charge in [-0.15, -0.1) is 0 Å². The highest BCUT2D eigenvalue weighted by atomic mass is 16.4. The van der Waals surface area contributed by atoms with Gasteiger partial charge in [-0.2, -0.15) is 0 Å². The summed E-state index contributed by atoms with van der Waals surface area (Å²) in [5.41, 5.74) is 3.03. The van der Waals surface area contributed by atoms with E-state index in [1.54, 1.807) is 51.9 Å². The number of hydrogen-bond donors (Lipinski definition) is 3. The monoisotopic (exact) mass is 552 g/mol. The van der Waals surface area contributed by atoms with Gasteiger partial charge < -0.3 is 15.3 Å². The van der Waals surface area contributed by atoms with Gasteiger partial charge in [0.25, 0.3) is 0 Å². The zero-order valence-electron chi connectivity index (χ0n) is 21.6. The molecule has 1 aliphatic rings. The Labute approximate surface area is 232 Å². The summed E-state index contributed by atoms with van der Waals surface area (Å²) in [6.07, 6.45) is 5.38. The largest absolute Gasteiger partial charge is 0.507 e. The molecule has 1 fully saturated rings. The number of aromatic carboxylic acids is 2. The minimum Gasteiger partial charge on any atom is -0.507 e. The molecule has 1 atom stereocenters. The normalized spacial score (nSPS) is 15.4. The Morgan fingerprint density at radius 2 is 1.80 bits per heavy atom. The number of carboxylic acids is 2. The molecule has 0 amide bonds. The number of carboxylic acid groups (broad SMARTS) is 2. The van der Waals surface area contributed by atoms with E-state index in [2.05, 4.69) is 19.9 Å². The second-order valence-electron chi connectivity index (χ2n) is 9.79. The number of carbonyl (C=O) groups is 2. The van der Waals surface area contributed by atoms with Crippen molar-refractivity contribution in [3.63, 3.8) is 0 Å². The second-order valence-corrected chi connectivity index (χ2v) is 9.79. The van der Waals surface area contributed by atoms with Crippen molar-refractivity contribution >= 4 is 23.1 Å². The molecule has 3 N–H and O–H groups in total. The first-order valence-corrected chi connectivity index (χ1v) is 12.8. The van der Waals surface area contributed by atoms with E-state index in [1.807, 2.05) is 6.07 Å². The molecule has 0 radical (unpaired) electrons. The second kappa shape index (κ2) is 10.3. The van der Waals surface area contributed by atoms with Gasteiger partial charge in [-0.1, -0.05) is 0 Å². The Morgan fingerprint density at radius 1 is 0.951 bits per heavy atom. The Morgan fingerprint density at radius 3 is 2.56 bits per heavy atom. The minimum absolute atomic E-state index is 0.150. The molecule has 1 aliphatic heterocycles. The molecule has 12 nitrogen and oxygen atoms in total.